The van der Waals surface area contributed by atoms with E-state index < -0.39 is 0 Å². The minimum Gasteiger partial charge on any atom is -0.365 e. The Bertz CT molecular complexity index is 642. The molecule has 0 saturated carbocycles. The van der Waals surface area contributed by atoms with Crippen molar-refractivity contribution in [2.24, 2.45) is 5.73 Å². The zero-order chi connectivity index (χ0) is 15.0. The molecule has 0 saturated heterocycles. The predicted octanol–water partition coefficient (Wildman–Crippen LogP) is 2.79. The summed E-state index contributed by atoms with van der Waals surface area (Å²) >= 11 is 0. The van der Waals surface area contributed by atoms with E-state index in [1.54, 1.807) is 0 Å². The van der Waals surface area contributed by atoms with Gasteiger partial charge in [0.2, 0.25) is 0 Å². The first-order chi connectivity index (χ1) is 10.1. The summed E-state index contributed by atoms with van der Waals surface area (Å²) < 4.78 is 2.10. The Kier molecular flexibility index (Phi) is 3.72. The molecule has 21 heavy (non-hydrogen) atoms. The lowest BCUT2D eigenvalue weighted by molar-refractivity contribution is 0.608. The summed E-state index contributed by atoms with van der Waals surface area (Å²) in [5.74, 6) is 0. The molecule has 1 aromatic carbocycles. The molecule has 0 fully saturated rings. The summed E-state index contributed by atoms with van der Waals surface area (Å²) in [7, 11) is 0. The van der Waals surface area contributed by atoms with Crippen LogP contribution in [0, 0.1) is 6.92 Å². The third-order valence-corrected chi connectivity index (χ3v) is 4.26. The molecule has 2 N–H and O–H groups in total. The van der Waals surface area contributed by atoms with Crippen molar-refractivity contribution in [3.05, 3.63) is 46.8 Å². The lowest BCUT2D eigenvalue weighted by Crippen LogP contribution is -2.21. The third-order valence-electron chi connectivity index (χ3n) is 4.26. The number of nitrogens with two attached hydrogens (primary N) is 1. The van der Waals surface area contributed by atoms with E-state index in [0.29, 0.717) is 0 Å². The molecule has 0 bridgehead atoms. The molecule has 0 amide bonds. The van der Waals surface area contributed by atoms with E-state index in [1.165, 1.54) is 22.5 Å². The van der Waals surface area contributed by atoms with Crippen molar-refractivity contribution in [3.8, 4) is 0 Å². The molecule has 1 aromatic heterocycles. The molecule has 2 heterocycles. The van der Waals surface area contributed by atoms with Crippen LogP contribution in [-0.2, 0) is 19.5 Å². The number of benzene rings is 1. The average molecular weight is 284 g/mol. The molecule has 4 heteroatoms. The summed E-state index contributed by atoms with van der Waals surface area (Å²) in [5, 5.41) is 4.54. The van der Waals surface area contributed by atoms with Crippen LogP contribution in [-0.4, -0.2) is 16.3 Å². The topological polar surface area (TPSA) is 47.1 Å². The Morgan fingerprint density at radius 1 is 1.33 bits per heavy atom. The second-order valence-corrected chi connectivity index (χ2v) is 5.94. The maximum absolute atomic E-state index is 5.98. The zero-order valence-corrected chi connectivity index (χ0v) is 13.1. The molecule has 2 aromatic rings. The highest BCUT2D eigenvalue weighted by atomic mass is 15.3. The zero-order valence-electron chi connectivity index (χ0n) is 13.1. The molecular formula is C17H24N4. The number of nitrogens with zero attached hydrogens (tertiary/aromatic N) is 3. The summed E-state index contributed by atoms with van der Waals surface area (Å²) in [6.07, 6.45) is 1.11. The van der Waals surface area contributed by atoms with Crippen molar-refractivity contribution in [3.63, 3.8) is 0 Å². The van der Waals surface area contributed by atoms with E-state index in [1.807, 2.05) is 6.92 Å². The second-order valence-electron chi connectivity index (χ2n) is 5.94. The number of hydrogen-bond donors (Lipinski definition) is 1. The fourth-order valence-corrected chi connectivity index (χ4v) is 3.13. The lowest BCUT2D eigenvalue weighted by Gasteiger charge is -2.20. The van der Waals surface area contributed by atoms with E-state index in [-0.39, 0.29) is 6.04 Å². The fourth-order valence-electron chi connectivity index (χ4n) is 3.13. The maximum atomic E-state index is 5.98. The van der Waals surface area contributed by atoms with Crippen LogP contribution in [0.5, 0.6) is 0 Å². The summed E-state index contributed by atoms with van der Waals surface area (Å²) in [4.78, 5) is 2.45. The first kappa shape index (κ1) is 14.1. The van der Waals surface area contributed by atoms with Gasteiger partial charge in [-0.3, -0.25) is 4.68 Å². The monoisotopic (exact) mass is 284 g/mol. The lowest BCUT2D eigenvalue weighted by atomic mass is 10.0. The molecule has 112 valence electrons. The number of aryl methyl sites for hydroxylation is 2. The van der Waals surface area contributed by atoms with Crippen molar-refractivity contribution in [2.75, 3.05) is 11.4 Å². The molecular weight excluding hydrogens is 260 g/mol. The van der Waals surface area contributed by atoms with Crippen LogP contribution < -0.4 is 10.6 Å². The number of anilines is 1. The largest absolute Gasteiger partial charge is 0.365 e. The van der Waals surface area contributed by atoms with Gasteiger partial charge in [-0.1, -0.05) is 12.1 Å². The Morgan fingerprint density at radius 2 is 2.14 bits per heavy atom. The van der Waals surface area contributed by atoms with Gasteiger partial charge in [0.25, 0.3) is 0 Å². The van der Waals surface area contributed by atoms with Crippen molar-refractivity contribution in [2.45, 2.75) is 46.3 Å². The van der Waals surface area contributed by atoms with Gasteiger partial charge in [0, 0.05) is 24.8 Å². The van der Waals surface area contributed by atoms with Gasteiger partial charge in [0.1, 0.15) is 0 Å². The molecule has 1 unspecified atom stereocenters. The first-order valence-corrected chi connectivity index (χ1v) is 7.75. The molecule has 4 nitrogen and oxygen atoms in total. The quantitative estimate of drug-likeness (QED) is 0.939. The Balaban J connectivity index is 1.84. The van der Waals surface area contributed by atoms with Gasteiger partial charge in [0.15, 0.2) is 0 Å². The Labute approximate surface area is 126 Å². The van der Waals surface area contributed by atoms with Crippen LogP contribution >= 0.6 is 0 Å². The van der Waals surface area contributed by atoms with Crippen LogP contribution in [0.3, 0.4) is 0 Å². The number of aromatic nitrogens is 2. The maximum Gasteiger partial charge on any atom is 0.0599 e. The van der Waals surface area contributed by atoms with Gasteiger partial charge in [0.05, 0.1) is 17.9 Å². The summed E-state index contributed by atoms with van der Waals surface area (Å²) in [6, 6.07) is 8.94. The Morgan fingerprint density at radius 3 is 2.86 bits per heavy atom. The number of hydrogen-bond acceptors (Lipinski definition) is 3. The van der Waals surface area contributed by atoms with Crippen LogP contribution in [0.2, 0.25) is 0 Å². The molecule has 1 atom stereocenters. The standard InChI is InChI=1S/C17H24N4/c1-4-21-16(9-12(2)19-21)11-20-8-7-15-10-14(13(3)18)5-6-17(15)20/h5-6,9-10,13H,4,7-8,11,18H2,1-3H3. The van der Waals surface area contributed by atoms with Crippen molar-refractivity contribution < 1.29 is 0 Å². The molecule has 3 rings (SSSR count). The average Bonchev–Trinajstić information content (AvgIpc) is 3.02. The molecule has 0 radical (unpaired) electrons. The van der Waals surface area contributed by atoms with Gasteiger partial charge in [-0.25, -0.2) is 0 Å². The second kappa shape index (κ2) is 5.53. The van der Waals surface area contributed by atoms with E-state index in [0.717, 1.165) is 31.7 Å². The molecule has 0 spiro atoms. The Hall–Kier alpha value is -1.81. The van der Waals surface area contributed by atoms with E-state index in [9.17, 15) is 0 Å². The van der Waals surface area contributed by atoms with Crippen molar-refractivity contribution in [1.82, 2.24) is 9.78 Å². The van der Waals surface area contributed by atoms with Crippen LogP contribution in [0.1, 0.15) is 42.4 Å². The highest BCUT2D eigenvalue weighted by molar-refractivity contribution is 5.59. The normalized spacial score (nSPS) is 15.3. The van der Waals surface area contributed by atoms with Crippen LogP contribution in [0.4, 0.5) is 5.69 Å². The number of rotatable bonds is 4. The fraction of sp³-hybridized carbons (Fsp3) is 0.471. The van der Waals surface area contributed by atoms with Crippen molar-refractivity contribution >= 4 is 5.69 Å². The SMILES string of the molecule is CCn1nc(C)cc1CN1CCc2cc(C(C)N)ccc21. The summed E-state index contributed by atoms with van der Waals surface area (Å²) in [6.45, 7) is 9.17. The van der Waals surface area contributed by atoms with Gasteiger partial charge in [-0.05, 0) is 50.5 Å². The van der Waals surface area contributed by atoms with E-state index >= 15 is 0 Å². The minimum absolute atomic E-state index is 0.105. The third kappa shape index (κ3) is 2.68. The van der Waals surface area contributed by atoms with Crippen LogP contribution in [0.15, 0.2) is 24.3 Å². The van der Waals surface area contributed by atoms with E-state index in [4.69, 9.17) is 5.73 Å². The van der Waals surface area contributed by atoms with Crippen LogP contribution in [0.25, 0.3) is 0 Å². The predicted molar refractivity (Wildman–Crippen MR) is 86.4 cm³/mol. The molecule has 1 aliphatic rings. The summed E-state index contributed by atoms with van der Waals surface area (Å²) in [5.41, 5.74) is 12.4. The van der Waals surface area contributed by atoms with Gasteiger partial charge in [-0.2, -0.15) is 5.10 Å². The van der Waals surface area contributed by atoms with Gasteiger partial charge >= 0.3 is 0 Å². The highest BCUT2D eigenvalue weighted by Crippen LogP contribution is 2.31. The van der Waals surface area contributed by atoms with Gasteiger partial charge in [-0.15, -0.1) is 0 Å². The highest BCUT2D eigenvalue weighted by Gasteiger charge is 2.21. The first-order valence-electron chi connectivity index (χ1n) is 7.75. The molecule has 1 aliphatic heterocycles. The smallest absolute Gasteiger partial charge is 0.0599 e. The van der Waals surface area contributed by atoms with E-state index in [2.05, 4.69) is 52.8 Å². The molecule has 0 aliphatic carbocycles. The van der Waals surface area contributed by atoms with Crippen molar-refractivity contribution in [1.29, 1.82) is 0 Å². The number of fused-ring (bicyclic) bond motifs is 1. The van der Waals surface area contributed by atoms with Gasteiger partial charge < -0.3 is 10.6 Å². The minimum atomic E-state index is 0.105.